The van der Waals surface area contributed by atoms with Crippen molar-refractivity contribution < 1.29 is 17.9 Å². The number of aromatic nitrogens is 2. The number of methoxy groups -OCH3 is 1. The predicted octanol–water partition coefficient (Wildman–Crippen LogP) is 1.02. The number of aromatic amines is 1. The van der Waals surface area contributed by atoms with Gasteiger partial charge in [0.15, 0.2) is 5.03 Å². The Hall–Kier alpha value is -2.59. The van der Waals surface area contributed by atoms with Crippen LogP contribution in [0.25, 0.3) is 0 Å². The van der Waals surface area contributed by atoms with Crippen molar-refractivity contribution in [2.75, 3.05) is 33.3 Å². The molecule has 146 valence electrons. The van der Waals surface area contributed by atoms with E-state index in [-0.39, 0.29) is 17.6 Å². The first kappa shape index (κ1) is 19.2. The summed E-state index contributed by atoms with van der Waals surface area (Å²) < 4.78 is 31.6. The number of urea groups is 1. The fraction of sp³-hybridized carbons (Fsp3) is 0.412. The summed E-state index contributed by atoms with van der Waals surface area (Å²) in [6.45, 7) is 1.85. The van der Waals surface area contributed by atoms with Gasteiger partial charge in [0.05, 0.1) is 19.6 Å². The van der Waals surface area contributed by atoms with E-state index in [0.29, 0.717) is 32.6 Å². The number of H-pyrrole nitrogens is 1. The molecule has 1 aromatic carbocycles. The number of sulfonamides is 1. The topological polar surface area (TPSA) is 108 Å². The van der Waals surface area contributed by atoms with Gasteiger partial charge in [0.25, 0.3) is 10.0 Å². The Morgan fingerprint density at radius 2 is 2.00 bits per heavy atom. The van der Waals surface area contributed by atoms with E-state index in [1.165, 1.54) is 16.8 Å². The second-order valence-corrected chi connectivity index (χ2v) is 8.07. The molecular weight excluding hydrogens is 370 g/mol. The largest absolute Gasteiger partial charge is 0.497 e. The van der Waals surface area contributed by atoms with Crippen LogP contribution in [-0.2, 0) is 16.6 Å². The number of carbonyl (C=O) groups is 1. The molecular formula is C17H23N5O4S. The number of ether oxygens (including phenoxy) is 1. The van der Waals surface area contributed by atoms with Gasteiger partial charge in [0.2, 0.25) is 0 Å². The second-order valence-electron chi connectivity index (χ2n) is 6.17. The van der Waals surface area contributed by atoms with Crippen molar-refractivity contribution >= 4 is 16.1 Å². The highest BCUT2D eigenvalue weighted by molar-refractivity contribution is 7.89. The molecule has 0 unspecified atom stereocenters. The van der Waals surface area contributed by atoms with Gasteiger partial charge in [-0.05, 0) is 24.1 Å². The van der Waals surface area contributed by atoms with Crippen molar-refractivity contribution in [2.24, 2.45) is 0 Å². The molecule has 0 saturated carbocycles. The molecule has 9 nitrogen and oxygen atoms in total. The Morgan fingerprint density at radius 3 is 2.67 bits per heavy atom. The lowest BCUT2D eigenvalue weighted by Crippen LogP contribution is -2.42. The molecule has 0 aliphatic carbocycles. The molecule has 10 heteroatoms. The fourth-order valence-electron chi connectivity index (χ4n) is 2.89. The molecule has 1 fully saturated rings. The van der Waals surface area contributed by atoms with E-state index in [1.807, 2.05) is 24.3 Å². The van der Waals surface area contributed by atoms with Crippen LogP contribution < -0.4 is 10.1 Å². The molecule has 2 amide bonds. The number of amides is 2. The van der Waals surface area contributed by atoms with Crippen molar-refractivity contribution in [2.45, 2.75) is 18.0 Å². The van der Waals surface area contributed by atoms with E-state index >= 15 is 0 Å². The minimum absolute atomic E-state index is 0.0694. The fourth-order valence-corrected chi connectivity index (χ4v) is 4.26. The number of nitrogens with zero attached hydrogens (tertiary/aromatic N) is 3. The Labute approximate surface area is 158 Å². The molecule has 2 aromatic rings. The quantitative estimate of drug-likeness (QED) is 0.789. The number of hydrogen-bond donors (Lipinski definition) is 2. The van der Waals surface area contributed by atoms with Crippen molar-refractivity contribution in [1.29, 1.82) is 0 Å². The Kier molecular flexibility index (Phi) is 5.97. The molecule has 1 aliphatic rings. The van der Waals surface area contributed by atoms with E-state index in [2.05, 4.69) is 15.3 Å². The zero-order chi connectivity index (χ0) is 19.3. The number of rotatable bonds is 5. The molecule has 0 bridgehead atoms. The van der Waals surface area contributed by atoms with E-state index in [0.717, 1.165) is 11.3 Å². The first-order valence-electron chi connectivity index (χ1n) is 8.65. The summed E-state index contributed by atoms with van der Waals surface area (Å²) in [5.41, 5.74) is 0.961. The number of hydrogen-bond acceptors (Lipinski definition) is 5. The highest BCUT2D eigenvalue weighted by Gasteiger charge is 2.29. The summed E-state index contributed by atoms with van der Waals surface area (Å²) in [6, 6.07) is 7.25. The van der Waals surface area contributed by atoms with Crippen molar-refractivity contribution in [1.82, 2.24) is 24.5 Å². The van der Waals surface area contributed by atoms with Crippen LogP contribution in [0.4, 0.5) is 4.79 Å². The number of nitrogens with one attached hydrogen (secondary N) is 2. The van der Waals surface area contributed by atoms with Crippen molar-refractivity contribution in [3.8, 4) is 5.75 Å². The summed E-state index contributed by atoms with van der Waals surface area (Å²) in [5, 5.41) is 2.95. The SMILES string of the molecule is COc1ccc(CNC(=O)N2CCCN(S(=O)(=O)c3cnc[nH]3)CC2)cc1. The summed E-state index contributed by atoms with van der Waals surface area (Å²) in [5.74, 6) is 0.760. The lowest BCUT2D eigenvalue weighted by Gasteiger charge is -2.22. The molecule has 2 N–H and O–H groups in total. The second kappa shape index (κ2) is 8.40. The third-order valence-corrected chi connectivity index (χ3v) is 6.26. The van der Waals surface area contributed by atoms with Crippen LogP contribution in [0.2, 0.25) is 0 Å². The van der Waals surface area contributed by atoms with E-state index in [1.54, 1.807) is 12.0 Å². The molecule has 0 spiro atoms. The van der Waals surface area contributed by atoms with Crippen LogP contribution in [-0.4, -0.2) is 66.9 Å². The first-order chi connectivity index (χ1) is 13.0. The minimum Gasteiger partial charge on any atom is -0.497 e. The Morgan fingerprint density at radius 1 is 1.22 bits per heavy atom. The average Bonchev–Trinajstić information content (AvgIpc) is 3.11. The van der Waals surface area contributed by atoms with Crippen LogP contribution in [0, 0.1) is 0 Å². The summed E-state index contributed by atoms with van der Waals surface area (Å²) >= 11 is 0. The van der Waals surface area contributed by atoms with Crippen LogP contribution in [0.15, 0.2) is 41.8 Å². The summed E-state index contributed by atoms with van der Waals surface area (Å²) in [7, 11) is -2.00. The van der Waals surface area contributed by atoms with Crippen LogP contribution in [0.1, 0.15) is 12.0 Å². The zero-order valence-corrected chi connectivity index (χ0v) is 15.9. The monoisotopic (exact) mass is 393 g/mol. The molecule has 1 aromatic heterocycles. The van der Waals surface area contributed by atoms with Crippen LogP contribution in [0.3, 0.4) is 0 Å². The van der Waals surface area contributed by atoms with Gasteiger partial charge in [-0.15, -0.1) is 0 Å². The third kappa shape index (κ3) is 4.58. The highest BCUT2D eigenvalue weighted by atomic mass is 32.2. The smallest absolute Gasteiger partial charge is 0.317 e. The maximum atomic E-state index is 12.6. The number of benzene rings is 1. The Bertz CT molecular complexity index is 852. The standard InChI is InChI=1S/C17H23N5O4S/c1-26-15-5-3-14(4-6-15)11-19-17(23)21-7-2-8-22(10-9-21)27(24,25)16-12-18-13-20-16/h3-6,12-13H,2,7-11H2,1H3,(H,18,20)(H,19,23). The lowest BCUT2D eigenvalue weighted by molar-refractivity contribution is 0.200. The van der Waals surface area contributed by atoms with E-state index in [4.69, 9.17) is 4.74 Å². The maximum absolute atomic E-state index is 12.6. The number of imidazole rings is 1. The molecule has 3 rings (SSSR count). The van der Waals surface area contributed by atoms with Crippen LogP contribution in [0.5, 0.6) is 5.75 Å². The van der Waals surface area contributed by atoms with E-state index in [9.17, 15) is 13.2 Å². The third-order valence-electron chi connectivity index (χ3n) is 4.44. The van der Waals surface area contributed by atoms with Gasteiger partial charge in [0.1, 0.15) is 5.75 Å². The normalized spacial score (nSPS) is 16.0. The molecule has 27 heavy (non-hydrogen) atoms. The van der Waals surface area contributed by atoms with Gasteiger partial charge < -0.3 is 19.9 Å². The number of carbonyl (C=O) groups excluding carboxylic acids is 1. The maximum Gasteiger partial charge on any atom is 0.317 e. The summed E-state index contributed by atoms with van der Waals surface area (Å²) in [6.07, 6.45) is 3.20. The summed E-state index contributed by atoms with van der Waals surface area (Å²) in [4.78, 5) is 20.5. The van der Waals surface area contributed by atoms with Gasteiger partial charge in [-0.25, -0.2) is 18.2 Å². The van der Waals surface area contributed by atoms with Gasteiger partial charge >= 0.3 is 6.03 Å². The molecule has 0 atom stereocenters. The van der Waals surface area contributed by atoms with Gasteiger partial charge in [-0.3, -0.25) is 0 Å². The first-order valence-corrected chi connectivity index (χ1v) is 10.1. The average molecular weight is 393 g/mol. The molecule has 1 saturated heterocycles. The van der Waals surface area contributed by atoms with Gasteiger partial charge in [0, 0.05) is 32.7 Å². The molecule has 2 heterocycles. The highest BCUT2D eigenvalue weighted by Crippen LogP contribution is 2.15. The molecule has 0 radical (unpaired) electrons. The molecule has 1 aliphatic heterocycles. The van der Waals surface area contributed by atoms with Gasteiger partial charge in [-0.1, -0.05) is 12.1 Å². The van der Waals surface area contributed by atoms with Gasteiger partial charge in [-0.2, -0.15) is 4.31 Å². The van der Waals surface area contributed by atoms with E-state index < -0.39 is 10.0 Å². The minimum atomic E-state index is -3.61. The lowest BCUT2D eigenvalue weighted by atomic mass is 10.2. The Balaban J connectivity index is 1.54. The predicted molar refractivity (Wildman–Crippen MR) is 98.8 cm³/mol. The van der Waals surface area contributed by atoms with Crippen LogP contribution >= 0.6 is 0 Å². The zero-order valence-electron chi connectivity index (χ0n) is 15.1. The van der Waals surface area contributed by atoms with Crippen molar-refractivity contribution in [3.63, 3.8) is 0 Å². The van der Waals surface area contributed by atoms with Crippen molar-refractivity contribution in [3.05, 3.63) is 42.4 Å².